The lowest BCUT2D eigenvalue weighted by Gasteiger charge is -2.06. The van der Waals surface area contributed by atoms with Crippen LogP contribution in [0.4, 0.5) is 0 Å². The van der Waals surface area contributed by atoms with Gasteiger partial charge in [-0.3, -0.25) is 9.78 Å². The first-order valence-electron chi connectivity index (χ1n) is 5.20. The normalized spacial score (nSPS) is 10.1. The van der Waals surface area contributed by atoms with Gasteiger partial charge in [0.1, 0.15) is 5.75 Å². The molecule has 1 amide bonds. The van der Waals surface area contributed by atoms with Crippen molar-refractivity contribution in [1.29, 1.82) is 0 Å². The zero-order chi connectivity index (χ0) is 12.0. The number of hydrogen-bond acceptors (Lipinski definition) is 4. The molecule has 0 spiro atoms. The van der Waals surface area contributed by atoms with Crippen molar-refractivity contribution in [3.63, 3.8) is 0 Å². The van der Waals surface area contributed by atoms with Gasteiger partial charge in [0.2, 0.25) is 5.91 Å². The monoisotopic (exact) mass is 223 g/mol. The van der Waals surface area contributed by atoms with Gasteiger partial charge < -0.3 is 15.7 Å². The summed E-state index contributed by atoms with van der Waals surface area (Å²) < 4.78 is 0. The summed E-state index contributed by atoms with van der Waals surface area (Å²) >= 11 is 0. The summed E-state index contributed by atoms with van der Waals surface area (Å²) in [5.41, 5.74) is 1.47. The Morgan fingerprint density at radius 3 is 2.94 bits per heavy atom. The molecule has 0 unspecified atom stereocenters. The summed E-state index contributed by atoms with van der Waals surface area (Å²) in [6.45, 7) is 2.90. The van der Waals surface area contributed by atoms with Crippen molar-refractivity contribution in [2.75, 3.05) is 13.6 Å². The molecule has 0 aliphatic rings. The number of aromatic hydroxyl groups is 1. The SMILES string of the molecule is CNC(=O)CCNCc1nc(C)ccc1O. The minimum atomic E-state index is -0.00563. The molecule has 0 radical (unpaired) electrons. The number of nitrogens with one attached hydrogen (secondary N) is 2. The van der Waals surface area contributed by atoms with Crippen LogP contribution >= 0.6 is 0 Å². The van der Waals surface area contributed by atoms with Crippen LogP contribution in [0.5, 0.6) is 5.75 Å². The summed E-state index contributed by atoms with van der Waals surface area (Å²) in [7, 11) is 1.61. The molecule has 5 nitrogen and oxygen atoms in total. The highest BCUT2D eigenvalue weighted by Gasteiger charge is 2.03. The third-order valence-corrected chi connectivity index (χ3v) is 2.19. The van der Waals surface area contributed by atoms with Crippen molar-refractivity contribution in [2.45, 2.75) is 19.9 Å². The number of rotatable bonds is 5. The van der Waals surface area contributed by atoms with Gasteiger partial charge in [-0.15, -0.1) is 0 Å². The zero-order valence-electron chi connectivity index (χ0n) is 9.58. The standard InChI is InChI=1S/C11H17N3O2/c1-8-3-4-10(15)9(14-8)7-13-6-5-11(16)12-2/h3-4,13,15H,5-7H2,1-2H3,(H,12,16). The van der Waals surface area contributed by atoms with Gasteiger partial charge in [0, 0.05) is 32.3 Å². The number of carbonyl (C=O) groups excluding carboxylic acids is 1. The lowest BCUT2D eigenvalue weighted by Crippen LogP contribution is -2.24. The summed E-state index contributed by atoms with van der Waals surface area (Å²) in [4.78, 5) is 15.1. The molecular weight excluding hydrogens is 206 g/mol. The van der Waals surface area contributed by atoms with Gasteiger partial charge in [0.15, 0.2) is 0 Å². The molecule has 88 valence electrons. The van der Waals surface area contributed by atoms with Gasteiger partial charge >= 0.3 is 0 Å². The lowest BCUT2D eigenvalue weighted by molar-refractivity contribution is -0.120. The molecule has 3 N–H and O–H groups in total. The number of nitrogens with zero attached hydrogens (tertiary/aromatic N) is 1. The molecule has 0 saturated heterocycles. The van der Waals surface area contributed by atoms with Gasteiger partial charge in [-0.2, -0.15) is 0 Å². The first-order valence-corrected chi connectivity index (χ1v) is 5.20. The Kier molecular flexibility index (Phi) is 4.72. The smallest absolute Gasteiger partial charge is 0.221 e. The predicted molar refractivity (Wildman–Crippen MR) is 61.0 cm³/mol. The van der Waals surface area contributed by atoms with E-state index in [1.54, 1.807) is 19.2 Å². The van der Waals surface area contributed by atoms with Crippen molar-refractivity contribution >= 4 is 5.91 Å². The molecular formula is C11H17N3O2. The highest BCUT2D eigenvalue weighted by Crippen LogP contribution is 2.13. The van der Waals surface area contributed by atoms with Crippen LogP contribution in [0.15, 0.2) is 12.1 Å². The number of amides is 1. The van der Waals surface area contributed by atoms with E-state index >= 15 is 0 Å². The Labute approximate surface area is 94.9 Å². The highest BCUT2D eigenvalue weighted by molar-refractivity contribution is 5.75. The average molecular weight is 223 g/mol. The Balaban J connectivity index is 2.37. The summed E-state index contributed by atoms with van der Waals surface area (Å²) in [5, 5.41) is 15.1. The molecule has 1 heterocycles. The van der Waals surface area contributed by atoms with Gasteiger partial charge in [0.05, 0.1) is 5.69 Å². The van der Waals surface area contributed by atoms with Crippen LogP contribution in [0.2, 0.25) is 0 Å². The van der Waals surface area contributed by atoms with Crippen LogP contribution in [-0.2, 0) is 11.3 Å². The number of carbonyl (C=O) groups is 1. The van der Waals surface area contributed by atoms with Crippen LogP contribution in [0, 0.1) is 6.92 Å². The van der Waals surface area contributed by atoms with E-state index in [0.29, 0.717) is 25.2 Å². The van der Waals surface area contributed by atoms with Crippen molar-refractivity contribution in [3.8, 4) is 5.75 Å². The average Bonchev–Trinajstić information content (AvgIpc) is 2.28. The fraction of sp³-hybridized carbons (Fsp3) is 0.455. The van der Waals surface area contributed by atoms with Crippen LogP contribution in [0.25, 0.3) is 0 Å². The molecule has 5 heteroatoms. The molecule has 16 heavy (non-hydrogen) atoms. The van der Waals surface area contributed by atoms with E-state index in [4.69, 9.17) is 0 Å². The minimum Gasteiger partial charge on any atom is -0.506 e. The van der Waals surface area contributed by atoms with Crippen molar-refractivity contribution < 1.29 is 9.90 Å². The molecule has 0 fully saturated rings. The quantitative estimate of drug-likeness (QED) is 0.628. The highest BCUT2D eigenvalue weighted by atomic mass is 16.3. The van der Waals surface area contributed by atoms with Crippen molar-refractivity contribution in [3.05, 3.63) is 23.5 Å². The van der Waals surface area contributed by atoms with Gasteiger partial charge in [-0.1, -0.05) is 0 Å². The van der Waals surface area contributed by atoms with E-state index in [1.807, 2.05) is 6.92 Å². The molecule has 1 rings (SSSR count). The van der Waals surface area contributed by atoms with Crippen LogP contribution in [0.3, 0.4) is 0 Å². The first kappa shape index (κ1) is 12.4. The third kappa shape index (κ3) is 3.86. The Morgan fingerprint density at radius 2 is 2.25 bits per heavy atom. The van der Waals surface area contributed by atoms with Crippen molar-refractivity contribution in [2.24, 2.45) is 0 Å². The molecule has 0 atom stereocenters. The van der Waals surface area contributed by atoms with Crippen LogP contribution in [0.1, 0.15) is 17.8 Å². The first-order chi connectivity index (χ1) is 7.63. The maximum Gasteiger partial charge on any atom is 0.221 e. The molecule has 0 saturated carbocycles. The van der Waals surface area contributed by atoms with Gasteiger partial charge in [0.25, 0.3) is 0 Å². The second-order valence-corrected chi connectivity index (χ2v) is 3.52. The molecule has 0 aliphatic heterocycles. The van der Waals surface area contributed by atoms with E-state index in [0.717, 1.165) is 5.69 Å². The molecule has 1 aromatic rings. The maximum absolute atomic E-state index is 10.9. The van der Waals surface area contributed by atoms with E-state index in [2.05, 4.69) is 15.6 Å². The molecule has 0 aliphatic carbocycles. The second kappa shape index (κ2) is 6.07. The summed E-state index contributed by atoms with van der Waals surface area (Å²) in [6, 6.07) is 3.38. The number of pyridine rings is 1. The van der Waals surface area contributed by atoms with Gasteiger partial charge in [-0.25, -0.2) is 0 Å². The molecule has 0 aromatic carbocycles. The molecule has 1 aromatic heterocycles. The summed E-state index contributed by atoms with van der Waals surface area (Å²) in [5.74, 6) is 0.173. The van der Waals surface area contributed by atoms with Crippen LogP contribution in [-0.4, -0.2) is 29.6 Å². The Morgan fingerprint density at radius 1 is 1.50 bits per heavy atom. The van der Waals surface area contributed by atoms with Gasteiger partial charge in [-0.05, 0) is 19.1 Å². The number of aromatic nitrogens is 1. The fourth-order valence-electron chi connectivity index (χ4n) is 1.27. The summed E-state index contributed by atoms with van der Waals surface area (Å²) in [6.07, 6.45) is 0.420. The van der Waals surface area contributed by atoms with E-state index in [1.165, 1.54) is 0 Å². The zero-order valence-corrected chi connectivity index (χ0v) is 9.58. The second-order valence-electron chi connectivity index (χ2n) is 3.52. The number of hydrogen-bond donors (Lipinski definition) is 3. The topological polar surface area (TPSA) is 74.2 Å². The number of aryl methyl sites for hydroxylation is 1. The van der Waals surface area contributed by atoms with Crippen LogP contribution < -0.4 is 10.6 Å². The van der Waals surface area contributed by atoms with E-state index < -0.39 is 0 Å². The minimum absolute atomic E-state index is 0.00563. The molecule has 0 bridgehead atoms. The Bertz CT molecular complexity index is 366. The van der Waals surface area contributed by atoms with Crippen molar-refractivity contribution in [1.82, 2.24) is 15.6 Å². The Hall–Kier alpha value is -1.62. The third-order valence-electron chi connectivity index (χ3n) is 2.19. The van der Waals surface area contributed by atoms with E-state index in [9.17, 15) is 9.90 Å². The largest absolute Gasteiger partial charge is 0.506 e. The maximum atomic E-state index is 10.9. The fourth-order valence-corrected chi connectivity index (χ4v) is 1.27. The van der Waals surface area contributed by atoms with E-state index in [-0.39, 0.29) is 11.7 Å². The predicted octanol–water partition coefficient (Wildman–Crippen LogP) is 0.321. The lowest BCUT2D eigenvalue weighted by atomic mass is 10.3.